The average molecular weight is 271 g/mol. The molecule has 0 spiro atoms. The van der Waals surface area contributed by atoms with Crippen LogP contribution in [0.5, 0.6) is 11.5 Å². The van der Waals surface area contributed by atoms with E-state index in [2.05, 4.69) is 5.32 Å². The van der Waals surface area contributed by atoms with Crippen LogP contribution in [-0.2, 0) is 4.79 Å². The Bertz CT molecular complexity index is 596. The fraction of sp³-hybridized carbons (Fsp3) is 0.188. The molecule has 0 fully saturated rings. The van der Waals surface area contributed by atoms with Gasteiger partial charge >= 0.3 is 0 Å². The molecule has 0 aliphatic heterocycles. The molecule has 0 aliphatic rings. The molecule has 0 atom stereocenters. The van der Waals surface area contributed by atoms with E-state index >= 15 is 0 Å². The Balaban J connectivity index is 1.93. The zero-order valence-electron chi connectivity index (χ0n) is 11.6. The summed E-state index contributed by atoms with van der Waals surface area (Å²) in [4.78, 5) is 11.8. The van der Waals surface area contributed by atoms with Gasteiger partial charge in [-0.15, -0.1) is 0 Å². The van der Waals surface area contributed by atoms with Crippen molar-refractivity contribution < 1.29 is 14.3 Å². The van der Waals surface area contributed by atoms with Gasteiger partial charge in [0.15, 0.2) is 6.61 Å². The smallest absolute Gasteiger partial charge is 0.262 e. The SMILES string of the molecule is COc1ccccc1NC(=O)COc1cccc(C)c1. The van der Waals surface area contributed by atoms with Crippen molar-refractivity contribution >= 4 is 11.6 Å². The van der Waals surface area contributed by atoms with E-state index in [9.17, 15) is 4.79 Å². The van der Waals surface area contributed by atoms with E-state index in [-0.39, 0.29) is 12.5 Å². The summed E-state index contributed by atoms with van der Waals surface area (Å²) in [6.45, 7) is 1.93. The van der Waals surface area contributed by atoms with Gasteiger partial charge in [-0.25, -0.2) is 0 Å². The summed E-state index contributed by atoms with van der Waals surface area (Å²) in [5.41, 5.74) is 1.72. The largest absolute Gasteiger partial charge is 0.495 e. The van der Waals surface area contributed by atoms with Crippen molar-refractivity contribution in [1.29, 1.82) is 0 Å². The maximum absolute atomic E-state index is 11.8. The van der Waals surface area contributed by atoms with E-state index in [1.54, 1.807) is 19.2 Å². The minimum Gasteiger partial charge on any atom is -0.495 e. The van der Waals surface area contributed by atoms with Gasteiger partial charge in [-0.2, -0.15) is 0 Å². The highest BCUT2D eigenvalue weighted by Crippen LogP contribution is 2.22. The third kappa shape index (κ3) is 3.75. The van der Waals surface area contributed by atoms with Crippen LogP contribution in [0.3, 0.4) is 0 Å². The van der Waals surface area contributed by atoms with Gasteiger partial charge in [0, 0.05) is 0 Å². The Morgan fingerprint density at radius 2 is 1.95 bits per heavy atom. The molecule has 0 aliphatic carbocycles. The highest BCUT2D eigenvalue weighted by molar-refractivity contribution is 5.93. The van der Waals surface area contributed by atoms with Gasteiger partial charge < -0.3 is 14.8 Å². The van der Waals surface area contributed by atoms with Crippen molar-refractivity contribution in [2.75, 3.05) is 19.0 Å². The van der Waals surface area contributed by atoms with Gasteiger partial charge in [0.2, 0.25) is 0 Å². The Morgan fingerprint density at radius 1 is 1.15 bits per heavy atom. The van der Waals surface area contributed by atoms with Crippen LogP contribution < -0.4 is 14.8 Å². The molecule has 0 bridgehead atoms. The zero-order valence-corrected chi connectivity index (χ0v) is 11.6. The molecular formula is C16H17NO3. The first-order chi connectivity index (χ1) is 9.69. The number of aryl methyl sites for hydroxylation is 1. The summed E-state index contributed by atoms with van der Waals surface area (Å²) in [5.74, 6) is 1.08. The minimum absolute atomic E-state index is 0.0402. The molecule has 4 heteroatoms. The number of carbonyl (C=O) groups excluding carboxylic acids is 1. The van der Waals surface area contributed by atoms with Gasteiger partial charge in [-0.3, -0.25) is 4.79 Å². The molecule has 2 aromatic rings. The quantitative estimate of drug-likeness (QED) is 0.909. The Kier molecular flexibility index (Phi) is 4.60. The lowest BCUT2D eigenvalue weighted by atomic mass is 10.2. The fourth-order valence-corrected chi connectivity index (χ4v) is 1.79. The molecule has 0 unspecified atom stereocenters. The topological polar surface area (TPSA) is 47.6 Å². The molecule has 2 aromatic carbocycles. The second-order valence-corrected chi connectivity index (χ2v) is 4.35. The summed E-state index contributed by atoms with van der Waals surface area (Å²) < 4.78 is 10.6. The van der Waals surface area contributed by atoms with Gasteiger partial charge in [0.1, 0.15) is 11.5 Å². The Hall–Kier alpha value is -2.49. The number of para-hydroxylation sites is 2. The van der Waals surface area contributed by atoms with Gasteiger partial charge in [0.05, 0.1) is 12.8 Å². The number of carbonyl (C=O) groups is 1. The highest BCUT2D eigenvalue weighted by atomic mass is 16.5. The number of hydrogen-bond acceptors (Lipinski definition) is 3. The number of methoxy groups -OCH3 is 1. The van der Waals surface area contributed by atoms with E-state index in [0.29, 0.717) is 17.2 Å². The van der Waals surface area contributed by atoms with E-state index in [1.165, 1.54) is 0 Å². The van der Waals surface area contributed by atoms with Crippen LogP contribution in [0.2, 0.25) is 0 Å². The van der Waals surface area contributed by atoms with Crippen LogP contribution >= 0.6 is 0 Å². The molecule has 0 saturated carbocycles. The molecular weight excluding hydrogens is 254 g/mol. The van der Waals surface area contributed by atoms with Crippen LogP contribution in [0.4, 0.5) is 5.69 Å². The predicted molar refractivity (Wildman–Crippen MR) is 78.3 cm³/mol. The monoisotopic (exact) mass is 271 g/mol. The van der Waals surface area contributed by atoms with E-state index in [1.807, 2.05) is 43.3 Å². The van der Waals surface area contributed by atoms with E-state index in [0.717, 1.165) is 5.56 Å². The van der Waals surface area contributed by atoms with Crippen molar-refractivity contribution in [3.63, 3.8) is 0 Å². The van der Waals surface area contributed by atoms with Crippen molar-refractivity contribution in [2.24, 2.45) is 0 Å². The molecule has 0 aromatic heterocycles. The van der Waals surface area contributed by atoms with E-state index in [4.69, 9.17) is 9.47 Å². The van der Waals surface area contributed by atoms with Crippen molar-refractivity contribution in [2.45, 2.75) is 6.92 Å². The summed E-state index contributed by atoms with van der Waals surface area (Å²) in [5, 5.41) is 2.76. The van der Waals surface area contributed by atoms with Gasteiger partial charge in [-0.05, 0) is 36.8 Å². The first kappa shape index (κ1) is 13.9. The van der Waals surface area contributed by atoms with Crippen LogP contribution in [0.1, 0.15) is 5.56 Å². The van der Waals surface area contributed by atoms with E-state index < -0.39 is 0 Å². The van der Waals surface area contributed by atoms with Crippen LogP contribution in [0, 0.1) is 6.92 Å². The number of benzene rings is 2. The van der Waals surface area contributed by atoms with Crippen molar-refractivity contribution in [3.8, 4) is 11.5 Å². The van der Waals surface area contributed by atoms with Crippen LogP contribution in [0.15, 0.2) is 48.5 Å². The third-order valence-corrected chi connectivity index (χ3v) is 2.74. The Morgan fingerprint density at radius 3 is 2.70 bits per heavy atom. The fourth-order valence-electron chi connectivity index (χ4n) is 1.79. The number of ether oxygens (including phenoxy) is 2. The van der Waals surface area contributed by atoms with Crippen molar-refractivity contribution in [3.05, 3.63) is 54.1 Å². The molecule has 1 amide bonds. The van der Waals surface area contributed by atoms with Crippen LogP contribution in [0.25, 0.3) is 0 Å². The predicted octanol–water partition coefficient (Wildman–Crippen LogP) is 3.02. The normalized spacial score (nSPS) is 9.90. The maximum Gasteiger partial charge on any atom is 0.262 e. The lowest BCUT2D eigenvalue weighted by Crippen LogP contribution is -2.20. The second-order valence-electron chi connectivity index (χ2n) is 4.35. The van der Waals surface area contributed by atoms with Crippen LogP contribution in [-0.4, -0.2) is 19.6 Å². The first-order valence-corrected chi connectivity index (χ1v) is 6.31. The molecule has 4 nitrogen and oxygen atoms in total. The number of amides is 1. The molecule has 0 saturated heterocycles. The molecule has 0 radical (unpaired) electrons. The molecule has 104 valence electrons. The second kappa shape index (κ2) is 6.61. The number of anilines is 1. The first-order valence-electron chi connectivity index (χ1n) is 6.31. The van der Waals surface area contributed by atoms with Gasteiger partial charge in [0.25, 0.3) is 5.91 Å². The number of rotatable bonds is 5. The molecule has 2 rings (SSSR count). The third-order valence-electron chi connectivity index (χ3n) is 2.74. The highest BCUT2D eigenvalue weighted by Gasteiger charge is 2.07. The maximum atomic E-state index is 11.8. The summed E-state index contributed by atoms with van der Waals surface area (Å²) in [6.07, 6.45) is 0. The molecule has 20 heavy (non-hydrogen) atoms. The summed E-state index contributed by atoms with van der Waals surface area (Å²) in [6, 6.07) is 14.8. The summed E-state index contributed by atoms with van der Waals surface area (Å²) in [7, 11) is 1.56. The summed E-state index contributed by atoms with van der Waals surface area (Å²) >= 11 is 0. The molecule has 1 N–H and O–H groups in total. The number of nitrogens with one attached hydrogen (secondary N) is 1. The minimum atomic E-state index is -0.226. The lowest BCUT2D eigenvalue weighted by Gasteiger charge is -2.10. The Labute approximate surface area is 118 Å². The standard InChI is InChI=1S/C16H17NO3/c1-12-6-5-7-13(10-12)20-11-16(18)17-14-8-3-4-9-15(14)19-2/h3-10H,11H2,1-2H3,(H,17,18). The van der Waals surface area contributed by atoms with Gasteiger partial charge in [-0.1, -0.05) is 24.3 Å². The molecule has 0 heterocycles. The lowest BCUT2D eigenvalue weighted by molar-refractivity contribution is -0.118. The number of hydrogen-bond donors (Lipinski definition) is 1. The zero-order chi connectivity index (χ0) is 14.4. The average Bonchev–Trinajstić information content (AvgIpc) is 2.46. The van der Waals surface area contributed by atoms with Crippen molar-refractivity contribution in [1.82, 2.24) is 0 Å².